The van der Waals surface area contributed by atoms with Gasteiger partial charge in [0.25, 0.3) is 0 Å². The Balaban J connectivity index is 1.87. The summed E-state index contributed by atoms with van der Waals surface area (Å²) in [6, 6.07) is 0.957. The lowest BCUT2D eigenvalue weighted by molar-refractivity contribution is -0.120. The van der Waals surface area contributed by atoms with Crippen LogP contribution in [0.3, 0.4) is 0 Å². The lowest BCUT2D eigenvalue weighted by atomic mass is 10.1. The molecule has 0 aromatic rings. The molecule has 1 aliphatic heterocycles. The Morgan fingerprint density at radius 3 is 2.76 bits per heavy atom. The van der Waals surface area contributed by atoms with Gasteiger partial charge in [-0.3, -0.25) is 9.69 Å². The van der Waals surface area contributed by atoms with E-state index >= 15 is 0 Å². The van der Waals surface area contributed by atoms with Gasteiger partial charge in [0.05, 0.1) is 6.04 Å². The summed E-state index contributed by atoms with van der Waals surface area (Å²) in [5, 5.41) is 3.36. The first-order valence-electron chi connectivity index (χ1n) is 6.96. The Morgan fingerprint density at radius 1 is 1.35 bits per heavy atom. The van der Waals surface area contributed by atoms with Gasteiger partial charge in [0.2, 0.25) is 5.91 Å². The Labute approximate surface area is 104 Å². The molecule has 2 aliphatic rings. The molecular formula is C13H25N3O. The molecule has 4 nitrogen and oxygen atoms in total. The van der Waals surface area contributed by atoms with Crippen LogP contribution in [0.4, 0.5) is 0 Å². The first-order chi connectivity index (χ1) is 8.16. The summed E-state index contributed by atoms with van der Waals surface area (Å²) in [4.78, 5) is 13.9. The van der Waals surface area contributed by atoms with E-state index in [4.69, 9.17) is 5.73 Å². The van der Waals surface area contributed by atoms with Gasteiger partial charge < -0.3 is 11.1 Å². The quantitative estimate of drug-likeness (QED) is 0.748. The number of rotatable bonds is 5. The molecule has 98 valence electrons. The van der Waals surface area contributed by atoms with Gasteiger partial charge in [0.1, 0.15) is 0 Å². The second-order valence-corrected chi connectivity index (χ2v) is 5.59. The number of carbonyl (C=O) groups excluding carboxylic acids is 1. The van der Waals surface area contributed by atoms with Crippen molar-refractivity contribution >= 4 is 5.91 Å². The summed E-state index contributed by atoms with van der Waals surface area (Å²) < 4.78 is 0. The zero-order chi connectivity index (χ0) is 12.3. The van der Waals surface area contributed by atoms with Crippen LogP contribution in [0.1, 0.15) is 45.4 Å². The number of hydrogen-bond donors (Lipinski definition) is 2. The van der Waals surface area contributed by atoms with Crippen molar-refractivity contribution in [3.8, 4) is 0 Å². The maximum Gasteiger partial charge on any atom is 0.235 e. The fourth-order valence-electron chi connectivity index (χ4n) is 2.60. The summed E-state index contributed by atoms with van der Waals surface area (Å²) in [5.74, 6) is -0.201. The fraction of sp³-hybridized carbons (Fsp3) is 0.923. The monoisotopic (exact) mass is 239 g/mol. The largest absolute Gasteiger partial charge is 0.368 e. The number of hydrogen-bond acceptors (Lipinski definition) is 3. The van der Waals surface area contributed by atoms with Crippen molar-refractivity contribution in [2.75, 3.05) is 13.1 Å². The molecule has 2 rings (SSSR count). The highest BCUT2D eigenvalue weighted by atomic mass is 16.1. The molecule has 1 saturated heterocycles. The lowest BCUT2D eigenvalue weighted by Gasteiger charge is -2.30. The smallest absolute Gasteiger partial charge is 0.235 e. The van der Waals surface area contributed by atoms with Gasteiger partial charge in [-0.1, -0.05) is 12.8 Å². The lowest BCUT2D eigenvalue weighted by Crippen LogP contribution is -2.51. The minimum Gasteiger partial charge on any atom is -0.368 e. The Hall–Kier alpha value is -0.610. The van der Waals surface area contributed by atoms with Crippen LogP contribution in [0.25, 0.3) is 0 Å². The van der Waals surface area contributed by atoms with Crippen LogP contribution in [0.5, 0.6) is 0 Å². The predicted molar refractivity (Wildman–Crippen MR) is 68.6 cm³/mol. The molecule has 2 unspecified atom stereocenters. The van der Waals surface area contributed by atoms with Crippen LogP contribution in [-0.2, 0) is 4.79 Å². The number of nitrogens with two attached hydrogens (primary N) is 1. The molecule has 2 fully saturated rings. The normalized spacial score (nSPS) is 28.6. The van der Waals surface area contributed by atoms with Crippen molar-refractivity contribution in [3.63, 3.8) is 0 Å². The van der Waals surface area contributed by atoms with Crippen molar-refractivity contribution in [2.45, 2.75) is 63.6 Å². The number of likely N-dealkylation sites (tertiary alicyclic amines) is 1. The van der Waals surface area contributed by atoms with Gasteiger partial charge in [-0.25, -0.2) is 0 Å². The molecule has 1 saturated carbocycles. The minimum atomic E-state index is -0.201. The van der Waals surface area contributed by atoms with Crippen molar-refractivity contribution in [3.05, 3.63) is 0 Å². The average Bonchev–Trinajstić information content (AvgIpc) is 3.08. The average molecular weight is 239 g/mol. The molecule has 17 heavy (non-hydrogen) atoms. The van der Waals surface area contributed by atoms with Gasteiger partial charge >= 0.3 is 0 Å². The van der Waals surface area contributed by atoms with Gasteiger partial charge in [0.15, 0.2) is 0 Å². The Kier molecular flexibility index (Phi) is 4.40. The third-order valence-electron chi connectivity index (χ3n) is 3.97. The van der Waals surface area contributed by atoms with E-state index in [1.165, 1.54) is 38.5 Å². The van der Waals surface area contributed by atoms with Crippen molar-refractivity contribution in [2.24, 2.45) is 5.73 Å². The number of primary amides is 1. The van der Waals surface area contributed by atoms with Gasteiger partial charge in [-0.05, 0) is 39.2 Å². The molecule has 0 aromatic heterocycles. The number of nitrogens with zero attached hydrogens (tertiary/aromatic N) is 1. The fourth-order valence-corrected chi connectivity index (χ4v) is 2.60. The Bertz CT molecular complexity index is 265. The zero-order valence-electron chi connectivity index (χ0n) is 10.8. The maximum atomic E-state index is 11.5. The zero-order valence-corrected chi connectivity index (χ0v) is 10.8. The van der Waals surface area contributed by atoms with Crippen LogP contribution in [0.2, 0.25) is 0 Å². The summed E-state index contributed by atoms with van der Waals surface area (Å²) in [7, 11) is 0. The van der Waals surface area contributed by atoms with Crippen LogP contribution in [0, 0.1) is 0 Å². The van der Waals surface area contributed by atoms with Crippen LogP contribution >= 0.6 is 0 Å². The molecule has 1 aliphatic carbocycles. The molecule has 0 bridgehead atoms. The van der Waals surface area contributed by atoms with E-state index in [1.807, 2.05) is 0 Å². The molecule has 1 amide bonds. The second kappa shape index (κ2) is 5.83. The van der Waals surface area contributed by atoms with E-state index in [2.05, 4.69) is 17.1 Å². The van der Waals surface area contributed by atoms with Gasteiger partial charge in [-0.15, -0.1) is 0 Å². The molecule has 2 atom stereocenters. The molecule has 0 spiro atoms. The number of amides is 1. The van der Waals surface area contributed by atoms with E-state index in [9.17, 15) is 4.79 Å². The van der Waals surface area contributed by atoms with E-state index in [0.29, 0.717) is 12.1 Å². The highest BCUT2D eigenvalue weighted by Crippen LogP contribution is 2.21. The molecule has 3 N–H and O–H groups in total. The van der Waals surface area contributed by atoms with Crippen LogP contribution < -0.4 is 11.1 Å². The minimum absolute atomic E-state index is 0.164. The third-order valence-corrected chi connectivity index (χ3v) is 3.97. The highest BCUT2D eigenvalue weighted by molar-refractivity contribution is 5.80. The summed E-state index contributed by atoms with van der Waals surface area (Å²) in [6.45, 7) is 4.16. The Morgan fingerprint density at radius 2 is 2.12 bits per heavy atom. The summed E-state index contributed by atoms with van der Waals surface area (Å²) in [6.07, 6.45) is 7.51. The van der Waals surface area contributed by atoms with Gasteiger partial charge in [-0.2, -0.15) is 0 Å². The molecular weight excluding hydrogens is 214 g/mol. The molecule has 4 heteroatoms. The summed E-state index contributed by atoms with van der Waals surface area (Å²) >= 11 is 0. The first-order valence-corrected chi connectivity index (χ1v) is 6.96. The SMILES string of the molecule is CC1CCCCCN1CC(NC1CC1)C(N)=O. The van der Waals surface area contributed by atoms with Crippen molar-refractivity contribution < 1.29 is 4.79 Å². The summed E-state index contributed by atoms with van der Waals surface area (Å²) in [5.41, 5.74) is 5.49. The standard InChI is InChI=1S/C13H25N3O/c1-10-5-3-2-4-8-16(10)9-12(13(14)17)15-11-6-7-11/h10-12,15H,2-9H2,1H3,(H2,14,17). The number of carbonyl (C=O) groups is 1. The number of nitrogens with one attached hydrogen (secondary N) is 1. The van der Waals surface area contributed by atoms with E-state index in [1.54, 1.807) is 0 Å². The van der Waals surface area contributed by atoms with Gasteiger partial charge in [0, 0.05) is 18.6 Å². The van der Waals surface area contributed by atoms with Crippen LogP contribution in [-0.4, -0.2) is 42.0 Å². The molecule has 0 aromatic carbocycles. The molecule has 1 heterocycles. The van der Waals surface area contributed by atoms with Crippen LogP contribution in [0.15, 0.2) is 0 Å². The van der Waals surface area contributed by atoms with Crippen molar-refractivity contribution in [1.82, 2.24) is 10.2 Å². The molecule has 0 radical (unpaired) electrons. The topological polar surface area (TPSA) is 58.4 Å². The highest BCUT2D eigenvalue weighted by Gasteiger charge is 2.29. The van der Waals surface area contributed by atoms with Crippen molar-refractivity contribution in [1.29, 1.82) is 0 Å². The first kappa shape index (κ1) is 12.8. The maximum absolute atomic E-state index is 11.5. The predicted octanol–water partition coefficient (Wildman–Crippen LogP) is 0.857. The van der Waals surface area contributed by atoms with E-state index in [0.717, 1.165) is 13.1 Å². The van der Waals surface area contributed by atoms with E-state index in [-0.39, 0.29) is 11.9 Å². The van der Waals surface area contributed by atoms with E-state index < -0.39 is 0 Å². The second-order valence-electron chi connectivity index (χ2n) is 5.59. The third kappa shape index (κ3) is 3.96.